The Hall–Kier alpha value is -3.38. The maximum Gasteiger partial charge on any atom is 0.270 e. The molecule has 0 bridgehead atoms. The van der Waals surface area contributed by atoms with E-state index in [0.717, 1.165) is 6.07 Å². The van der Waals surface area contributed by atoms with Crippen LogP contribution >= 0.6 is 0 Å². The van der Waals surface area contributed by atoms with Crippen molar-refractivity contribution >= 4 is 6.08 Å². The lowest BCUT2D eigenvalue weighted by Crippen LogP contribution is -2.63. The lowest BCUT2D eigenvalue weighted by molar-refractivity contribution is -0.353. The van der Waals surface area contributed by atoms with Crippen molar-refractivity contribution in [2.45, 2.75) is 61.4 Å². The number of hydrogen-bond acceptors (Lipinski definition) is 14. The minimum Gasteiger partial charge on any atom is -0.571 e. The van der Waals surface area contributed by atoms with Crippen molar-refractivity contribution in [2.24, 2.45) is 0 Å². The van der Waals surface area contributed by atoms with E-state index in [2.05, 4.69) is 4.74 Å². The fraction of sp³-hybridized carbons (Fsp3) is 0.481. The van der Waals surface area contributed by atoms with E-state index in [4.69, 9.17) is 23.7 Å². The summed E-state index contributed by atoms with van der Waals surface area (Å²) in [5.74, 6) is -0.404. The minimum atomic E-state index is -1.76. The number of fused-ring (bicyclic) bond motifs is 1. The summed E-state index contributed by atoms with van der Waals surface area (Å²) in [4.78, 5) is 0. The molecule has 2 fully saturated rings. The summed E-state index contributed by atoms with van der Waals surface area (Å²) in [5, 5.41) is 92.1. The van der Waals surface area contributed by atoms with E-state index in [1.807, 2.05) is 0 Å². The van der Waals surface area contributed by atoms with Crippen LogP contribution in [-0.4, -0.2) is 126 Å². The molecule has 2 aromatic carbocycles. The molecule has 0 aliphatic carbocycles. The van der Waals surface area contributed by atoms with Crippen LogP contribution in [0.15, 0.2) is 36.1 Å². The van der Waals surface area contributed by atoms with E-state index in [1.165, 1.54) is 37.5 Å². The third kappa shape index (κ3) is 5.66. The van der Waals surface area contributed by atoms with Gasteiger partial charge < -0.3 is 74.4 Å². The number of hydrogen-bond donors (Lipinski definition) is 9. The molecule has 0 saturated carbocycles. The SMILES string of the molecule is COc1cc(C2[OH+]c3cc(O)cc(O)c3C=C2O[C@@H]2OC(CO)[C@@H](O)C(O)C2O[C@@H]2OC[C@@H](O)C(O)[C@H]2O)ccc1O. The molecule has 15 heteroatoms. The molecule has 3 heterocycles. The van der Waals surface area contributed by atoms with Crippen LogP contribution in [0.25, 0.3) is 6.08 Å². The van der Waals surface area contributed by atoms with Gasteiger partial charge in [0.25, 0.3) is 11.9 Å². The van der Waals surface area contributed by atoms with E-state index in [-0.39, 0.29) is 40.1 Å². The van der Waals surface area contributed by atoms with Gasteiger partial charge in [-0.1, -0.05) is 0 Å². The van der Waals surface area contributed by atoms with Crippen molar-refractivity contribution in [3.63, 3.8) is 0 Å². The normalized spacial score (nSPS) is 34.6. The Labute approximate surface area is 238 Å². The first kappa shape index (κ1) is 30.1. The highest BCUT2D eigenvalue weighted by Crippen LogP contribution is 2.46. The zero-order valence-corrected chi connectivity index (χ0v) is 22.2. The second-order valence-electron chi connectivity index (χ2n) is 10.1. The fourth-order valence-electron chi connectivity index (χ4n) is 4.97. The third-order valence-electron chi connectivity index (χ3n) is 7.29. The molecule has 5 unspecified atom stereocenters. The van der Waals surface area contributed by atoms with Crippen molar-refractivity contribution < 1.29 is 74.4 Å². The Balaban J connectivity index is 1.52. The van der Waals surface area contributed by atoms with Gasteiger partial charge in [-0.15, -0.1) is 0 Å². The molecule has 2 saturated heterocycles. The molecule has 2 aromatic rings. The first-order valence-corrected chi connectivity index (χ1v) is 13.0. The molecule has 5 rings (SSSR count). The molecular formula is C27H33O15+. The first-order chi connectivity index (χ1) is 20.0. The smallest absolute Gasteiger partial charge is 0.270 e. The van der Waals surface area contributed by atoms with Gasteiger partial charge in [-0.3, -0.25) is 0 Å². The number of ether oxygens (including phenoxy) is 6. The molecule has 0 radical (unpaired) electrons. The van der Waals surface area contributed by atoms with Crippen LogP contribution in [-0.2, 0) is 18.9 Å². The van der Waals surface area contributed by atoms with Gasteiger partial charge in [-0.25, -0.2) is 0 Å². The van der Waals surface area contributed by atoms with Gasteiger partial charge in [0.1, 0.15) is 53.7 Å². The van der Waals surface area contributed by atoms with E-state index in [9.17, 15) is 46.0 Å². The number of phenolic OH excluding ortho intramolecular Hbond substituents is 3. The highest BCUT2D eigenvalue weighted by Gasteiger charge is 2.51. The monoisotopic (exact) mass is 597 g/mol. The van der Waals surface area contributed by atoms with E-state index >= 15 is 0 Å². The molecule has 15 nitrogen and oxygen atoms in total. The van der Waals surface area contributed by atoms with Crippen LogP contribution in [0.1, 0.15) is 17.2 Å². The first-order valence-electron chi connectivity index (χ1n) is 13.0. The number of benzene rings is 2. The van der Waals surface area contributed by atoms with Crippen LogP contribution in [0, 0.1) is 0 Å². The lowest BCUT2D eigenvalue weighted by atomic mass is 9.98. The molecule has 0 spiro atoms. The Morgan fingerprint density at radius 2 is 1.67 bits per heavy atom. The molecule has 3 aliphatic rings. The van der Waals surface area contributed by atoms with Crippen molar-refractivity contribution in [3.8, 4) is 28.7 Å². The zero-order valence-electron chi connectivity index (χ0n) is 22.2. The van der Waals surface area contributed by atoms with E-state index in [1.54, 1.807) is 0 Å². The number of methoxy groups -OCH3 is 1. The summed E-state index contributed by atoms with van der Waals surface area (Å²) in [6, 6.07) is 6.79. The topological polar surface area (TPSA) is 241 Å². The second kappa shape index (κ2) is 12.1. The third-order valence-corrected chi connectivity index (χ3v) is 7.29. The molecule has 0 aromatic heterocycles. The molecular weight excluding hydrogens is 564 g/mol. The maximum absolute atomic E-state index is 10.9. The highest BCUT2D eigenvalue weighted by atomic mass is 16.8. The number of rotatable bonds is 7. The van der Waals surface area contributed by atoms with Crippen LogP contribution in [0.2, 0.25) is 0 Å². The Morgan fingerprint density at radius 3 is 2.38 bits per heavy atom. The average molecular weight is 598 g/mol. The summed E-state index contributed by atoms with van der Waals surface area (Å²) in [7, 11) is 1.35. The average Bonchev–Trinajstić information content (AvgIpc) is 2.97. The standard InChI is InChI=1S/C27H32O15/c1-37-17-4-10(2-3-13(17)30)24-18(7-12-14(31)5-11(29)6-16(12)39-24)40-27-25(22(35)21(34)19(8-28)41-27)42-26-23(36)20(33)15(32)9-38-26/h2-7,15,19-36H,8-9H2,1H3/p+1/t15-,19?,20?,21-,22?,23-,24?,25?,26+,27-/m1/s1. The summed E-state index contributed by atoms with van der Waals surface area (Å²) in [6.07, 6.45) is -13.9. The summed E-state index contributed by atoms with van der Waals surface area (Å²) in [5.41, 5.74) is 0.598. The quantitative estimate of drug-likeness (QED) is 0.164. The van der Waals surface area contributed by atoms with Gasteiger partial charge in [-0.05, 0) is 18.2 Å². The van der Waals surface area contributed by atoms with Crippen molar-refractivity contribution in [1.82, 2.24) is 0 Å². The molecule has 42 heavy (non-hydrogen) atoms. The lowest BCUT2D eigenvalue weighted by Gasteiger charge is -2.45. The van der Waals surface area contributed by atoms with Gasteiger partial charge in [0.05, 0.1) is 32.0 Å². The Kier molecular flexibility index (Phi) is 8.66. The molecule has 230 valence electrons. The predicted octanol–water partition coefficient (Wildman–Crippen LogP) is -1.57. The van der Waals surface area contributed by atoms with Crippen molar-refractivity contribution in [3.05, 3.63) is 47.2 Å². The van der Waals surface area contributed by atoms with Gasteiger partial charge in [0.15, 0.2) is 29.7 Å². The van der Waals surface area contributed by atoms with Crippen LogP contribution < -0.4 is 4.74 Å². The number of phenols is 3. The van der Waals surface area contributed by atoms with E-state index in [0.29, 0.717) is 5.56 Å². The maximum atomic E-state index is 10.9. The highest BCUT2D eigenvalue weighted by molar-refractivity contribution is 5.69. The van der Waals surface area contributed by atoms with Crippen LogP contribution in [0.3, 0.4) is 0 Å². The van der Waals surface area contributed by atoms with Crippen molar-refractivity contribution in [2.75, 3.05) is 20.3 Å². The predicted molar refractivity (Wildman–Crippen MR) is 138 cm³/mol. The number of aromatic hydroxyl groups is 4. The zero-order chi connectivity index (χ0) is 30.3. The van der Waals surface area contributed by atoms with Gasteiger partial charge in [-0.2, -0.15) is 0 Å². The van der Waals surface area contributed by atoms with Gasteiger partial charge in [0.2, 0.25) is 6.29 Å². The Morgan fingerprint density at radius 1 is 0.905 bits per heavy atom. The van der Waals surface area contributed by atoms with Crippen LogP contribution in [0.5, 0.6) is 28.7 Å². The molecule has 10 atom stereocenters. The minimum absolute atomic E-state index is 0.00989. The summed E-state index contributed by atoms with van der Waals surface area (Å²) < 4.78 is 32.7. The second-order valence-corrected chi connectivity index (χ2v) is 10.1. The van der Waals surface area contributed by atoms with Gasteiger partial charge in [0, 0.05) is 12.1 Å². The van der Waals surface area contributed by atoms with Crippen molar-refractivity contribution in [1.29, 1.82) is 0 Å². The molecule has 10 N–H and O–H groups in total. The van der Waals surface area contributed by atoms with Crippen LogP contribution in [0.4, 0.5) is 0 Å². The Bertz CT molecular complexity index is 1300. The number of aliphatic hydroxyl groups excluding tert-OH is 6. The fourth-order valence-corrected chi connectivity index (χ4v) is 4.97. The van der Waals surface area contributed by atoms with Gasteiger partial charge >= 0.3 is 0 Å². The summed E-state index contributed by atoms with van der Waals surface area (Å²) >= 11 is 0. The molecule has 3 aliphatic heterocycles. The largest absolute Gasteiger partial charge is 0.571 e. The molecule has 0 amide bonds. The van der Waals surface area contributed by atoms with E-state index < -0.39 is 74.6 Å². The number of aliphatic hydroxyl groups is 7. The summed E-state index contributed by atoms with van der Waals surface area (Å²) in [6.45, 7) is -1.12.